The number of aliphatic hydroxyl groups excluding tert-OH is 1. The minimum absolute atomic E-state index is 0.217. The van der Waals surface area contributed by atoms with Gasteiger partial charge in [0.1, 0.15) is 11.9 Å². The molecule has 1 aromatic heterocycles. The van der Waals surface area contributed by atoms with Gasteiger partial charge in [0.15, 0.2) is 0 Å². The van der Waals surface area contributed by atoms with Crippen LogP contribution in [-0.2, 0) is 0 Å². The molecule has 1 heterocycles. The van der Waals surface area contributed by atoms with Crippen molar-refractivity contribution in [1.29, 1.82) is 0 Å². The van der Waals surface area contributed by atoms with E-state index in [1.165, 1.54) is 12.3 Å². The van der Waals surface area contributed by atoms with Crippen LogP contribution in [0.5, 0.6) is 0 Å². The highest BCUT2D eigenvalue weighted by Gasteiger charge is 2.17. The third-order valence-electron chi connectivity index (χ3n) is 3.19. The molecule has 1 unspecified atom stereocenters. The molecule has 2 aromatic carbocycles. The SMILES string of the molecule is Cc1ccc(F)c(C(O)c2cnc3ccccc3n2)c1. The number of aryl methyl sites for hydroxylation is 1. The normalized spacial score (nSPS) is 12.6. The first-order valence-corrected chi connectivity index (χ1v) is 6.31. The zero-order valence-electron chi connectivity index (χ0n) is 10.9. The van der Waals surface area contributed by atoms with Gasteiger partial charge >= 0.3 is 0 Å². The highest BCUT2D eigenvalue weighted by atomic mass is 19.1. The van der Waals surface area contributed by atoms with Gasteiger partial charge in [-0.3, -0.25) is 4.98 Å². The zero-order valence-corrected chi connectivity index (χ0v) is 10.9. The van der Waals surface area contributed by atoms with Crippen molar-refractivity contribution in [1.82, 2.24) is 9.97 Å². The summed E-state index contributed by atoms with van der Waals surface area (Å²) in [7, 11) is 0. The number of hydrogen-bond acceptors (Lipinski definition) is 3. The lowest BCUT2D eigenvalue weighted by atomic mass is 10.0. The van der Waals surface area contributed by atoms with Crippen LogP contribution >= 0.6 is 0 Å². The zero-order chi connectivity index (χ0) is 14.1. The van der Waals surface area contributed by atoms with Gasteiger partial charge < -0.3 is 5.11 Å². The van der Waals surface area contributed by atoms with Gasteiger partial charge in [0, 0.05) is 5.56 Å². The molecule has 3 nitrogen and oxygen atoms in total. The standard InChI is InChI=1S/C16H13FN2O/c1-10-6-7-12(17)11(8-10)16(20)15-9-18-13-4-2-3-5-14(13)19-15/h2-9,16,20H,1H3. The molecule has 100 valence electrons. The van der Waals surface area contributed by atoms with Crippen molar-refractivity contribution < 1.29 is 9.50 Å². The minimum atomic E-state index is -1.12. The second kappa shape index (κ2) is 4.98. The fraction of sp³-hybridized carbons (Fsp3) is 0.125. The highest BCUT2D eigenvalue weighted by Crippen LogP contribution is 2.24. The Labute approximate surface area is 115 Å². The van der Waals surface area contributed by atoms with Crippen molar-refractivity contribution in [2.24, 2.45) is 0 Å². The Morgan fingerprint density at radius 1 is 1.10 bits per heavy atom. The fourth-order valence-corrected chi connectivity index (χ4v) is 2.14. The lowest BCUT2D eigenvalue weighted by Crippen LogP contribution is -2.06. The number of hydrogen-bond donors (Lipinski definition) is 1. The number of halogens is 1. The Morgan fingerprint density at radius 2 is 1.85 bits per heavy atom. The van der Waals surface area contributed by atoms with Crippen LogP contribution in [0.15, 0.2) is 48.7 Å². The van der Waals surface area contributed by atoms with Gasteiger partial charge in [0.2, 0.25) is 0 Å². The molecule has 0 fully saturated rings. The summed E-state index contributed by atoms with van der Waals surface area (Å²) in [5.41, 5.74) is 2.86. The Bertz CT molecular complexity index is 773. The van der Waals surface area contributed by atoms with Gasteiger partial charge in [-0.25, -0.2) is 9.37 Å². The van der Waals surface area contributed by atoms with E-state index in [1.54, 1.807) is 12.1 Å². The van der Waals surface area contributed by atoms with Crippen molar-refractivity contribution in [2.45, 2.75) is 13.0 Å². The second-order valence-corrected chi connectivity index (χ2v) is 4.71. The monoisotopic (exact) mass is 268 g/mol. The van der Waals surface area contributed by atoms with E-state index < -0.39 is 11.9 Å². The van der Waals surface area contributed by atoms with E-state index in [9.17, 15) is 9.50 Å². The van der Waals surface area contributed by atoms with Crippen LogP contribution in [-0.4, -0.2) is 15.1 Å². The molecule has 1 atom stereocenters. The van der Waals surface area contributed by atoms with Crippen LogP contribution in [0.1, 0.15) is 22.9 Å². The molecule has 0 amide bonds. The van der Waals surface area contributed by atoms with E-state index in [0.717, 1.165) is 11.1 Å². The molecule has 0 bridgehead atoms. The molecule has 4 heteroatoms. The average molecular weight is 268 g/mol. The molecule has 0 radical (unpaired) electrons. The Balaban J connectivity index is 2.07. The van der Waals surface area contributed by atoms with Crippen molar-refractivity contribution in [3.63, 3.8) is 0 Å². The van der Waals surface area contributed by atoms with Gasteiger partial charge in [-0.05, 0) is 25.1 Å². The van der Waals surface area contributed by atoms with Crippen LogP contribution in [0.25, 0.3) is 11.0 Å². The van der Waals surface area contributed by atoms with E-state index in [1.807, 2.05) is 31.2 Å². The number of aliphatic hydroxyl groups is 1. The summed E-state index contributed by atoms with van der Waals surface area (Å²) in [6.07, 6.45) is 0.362. The Hall–Kier alpha value is -2.33. The van der Waals surface area contributed by atoms with Crippen molar-refractivity contribution >= 4 is 11.0 Å². The molecule has 0 saturated carbocycles. The molecule has 1 N–H and O–H groups in total. The third-order valence-corrected chi connectivity index (χ3v) is 3.19. The Kier molecular flexibility index (Phi) is 3.16. The van der Waals surface area contributed by atoms with E-state index in [0.29, 0.717) is 11.2 Å². The molecule has 3 rings (SSSR count). The molecule has 0 aliphatic rings. The molecule has 20 heavy (non-hydrogen) atoms. The summed E-state index contributed by atoms with van der Waals surface area (Å²) in [6.45, 7) is 1.85. The van der Waals surface area contributed by atoms with Crippen LogP contribution < -0.4 is 0 Å². The third kappa shape index (κ3) is 2.26. The number of fused-ring (bicyclic) bond motifs is 1. The maximum Gasteiger partial charge on any atom is 0.129 e. The molecular formula is C16H13FN2O. The first-order valence-electron chi connectivity index (χ1n) is 6.31. The Morgan fingerprint density at radius 3 is 2.65 bits per heavy atom. The fourth-order valence-electron chi connectivity index (χ4n) is 2.14. The van der Waals surface area contributed by atoms with Crippen LogP contribution in [0.4, 0.5) is 4.39 Å². The molecule has 3 aromatic rings. The summed E-state index contributed by atoms with van der Waals surface area (Å²) >= 11 is 0. The molecular weight excluding hydrogens is 255 g/mol. The summed E-state index contributed by atoms with van der Waals surface area (Å²) in [4.78, 5) is 8.58. The largest absolute Gasteiger partial charge is 0.382 e. The number of rotatable bonds is 2. The quantitative estimate of drug-likeness (QED) is 0.776. The number of benzene rings is 2. The molecule has 0 aliphatic carbocycles. The lowest BCUT2D eigenvalue weighted by molar-refractivity contribution is 0.210. The summed E-state index contributed by atoms with van der Waals surface area (Å²) in [5, 5.41) is 10.3. The maximum absolute atomic E-state index is 13.8. The highest BCUT2D eigenvalue weighted by molar-refractivity contribution is 5.73. The van der Waals surface area contributed by atoms with Crippen molar-refractivity contribution in [3.05, 3.63) is 71.3 Å². The van der Waals surface area contributed by atoms with E-state index in [4.69, 9.17) is 0 Å². The van der Waals surface area contributed by atoms with Crippen LogP contribution in [0.2, 0.25) is 0 Å². The molecule has 0 aliphatic heterocycles. The van der Waals surface area contributed by atoms with Crippen LogP contribution in [0, 0.1) is 12.7 Å². The number of aromatic nitrogens is 2. The molecule has 0 spiro atoms. The smallest absolute Gasteiger partial charge is 0.129 e. The van der Waals surface area contributed by atoms with Crippen molar-refractivity contribution in [3.8, 4) is 0 Å². The second-order valence-electron chi connectivity index (χ2n) is 4.71. The van der Waals surface area contributed by atoms with Gasteiger partial charge in [-0.15, -0.1) is 0 Å². The first-order chi connectivity index (χ1) is 9.65. The molecule has 0 saturated heterocycles. The van der Waals surface area contributed by atoms with Gasteiger partial charge in [0.05, 0.1) is 22.9 Å². The number of nitrogens with zero attached hydrogens (tertiary/aromatic N) is 2. The summed E-state index contributed by atoms with van der Waals surface area (Å²) in [6, 6.07) is 12.0. The van der Waals surface area contributed by atoms with Gasteiger partial charge in [-0.2, -0.15) is 0 Å². The predicted octanol–water partition coefficient (Wildman–Crippen LogP) is 3.16. The van der Waals surface area contributed by atoms with Gasteiger partial charge in [0.25, 0.3) is 0 Å². The number of para-hydroxylation sites is 2. The van der Waals surface area contributed by atoms with E-state index >= 15 is 0 Å². The lowest BCUT2D eigenvalue weighted by Gasteiger charge is -2.12. The summed E-state index contributed by atoms with van der Waals surface area (Å²) < 4.78 is 13.8. The van der Waals surface area contributed by atoms with E-state index in [2.05, 4.69) is 9.97 Å². The van der Waals surface area contributed by atoms with Crippen molar-refractivity contribution in [2.75, 3.05) is 0 Å². The van der Waals surface area contributed by atoms with Gasteiger partial charge in [-0.1, -0.05) is 29.8 Å². The average Bonchev–Trinajstić information content (AvgIpc) is 2.48. The van der Waals surface area contributed by atoms with E-state index in [-0.39, 0.29) is 5.56 Å². The topological polar surface area (TPSA) is 46.0 Å². The summed E-state index contributed by atoms with van der Waals surface area (Å²) in [5.74, 6) is -0.446. The predicted molar refractivity (Wildman–Crippen MR) is 74.7 cm³/mol. The minimum Gasteiger partial charge on any atom is -0.382 e. The van der Waals surface area contributed by atoms with Crippen LogP contribution in [0.3, 0.4) is 0 Å². The first kappa shape index (κ1) is 12.7. The maximum atomic E-state index is 13.8.